The van der Waals surface area contributed by atoms with Crippen molar-refractivity contribution in [1.82, 2.24) is 0 Å². The van der Waals surface area contributed by atoms with Gasteiger partial charge in [0.25, 0.3) is 5.69 Å². The van der Waals surface area contributed by atoms with Crippen LogP contribution >= 0.6 is 0 Å². The van der Waals surface area contributed by atoms with E-state index in [4.69, 9.17) is 0 Å². The van der Waals surface area contributed by atoms with Crippen LogP contribution in [0.15, 0.2) is 34.5 Å². The zero-order chi connectivity index (χ0) is 16.4. The number of carbonyl (C=O) groups is 2. The lowest BCUT2D eigenvalue weighted by Crippen LogP contribution is -2.38. The SMILES string of the molecule is CC1=NN=C(C(=O)O)C(c2ccc([N+](=O)[O-])cc2)C1C(=O)O. The first-order valence-corrected chi connectivity index (χ1v) is 6.15. The van der Waals surface area contributed by atoms with Gasteiger partial charge in [0.05, 0.1) is 16.6 Å². The zero-order valence-corrected chi connectivity index (χ0v) is 11.3. The van der Waals surface area contributed by atoms with Gasteiger partial charge in [-0.2, -0.15) is 5.10 Å². The van der Waals surface area contributed by atoms with Crippen molar-refractivity contribution in [3.8, 4) is 0 Å². The number of nitro benzene ring substituents is 1. The van der Waals surface area contributed by atoms with Crippen LogP contribution in [0.4, 0.5) is 5.69 Å². The van der Waals surface area contributed by atoms with Crippen LogP contribution in [0, 0.1) is 16.0 Å². The van der Waals surface area contributed by atoms with Gasteiger partial charge >= 0.3 is 11.9 Å². The van der Waals surface area contributed by atoms with Crippen molar-refractivity contribution in [3.05, 3.63) is 39.9 Å². The highest BCUT2D eigenvalue weighted by atomic mass is 16.6. The molecule has 9 nitrogen and oxygen atoms in total. The van der Waals surface area contributed by atoms with Gasteiger partial charge in [0.15, 0.2) is 5.71 Å². The smallest absolute Gasteiger partial charge is 0.352 e. The topological polar surface area (TPSA) is 142 Å². The molecular weight excluding hydrogens is 294 g/mol. The lowest BCUT2D eigenvalue weighted by Gasteiger charge is -2.26. The largest absolute Gasteiger partial charge is 0.481 e. The van der Waals surface area contributed by atoms with Crippen molar-refractivity contribution in [3.63, 3.8) is 0 Å². The molecule has 0 fully saturated rings. The summed E-state index contributed by atoms with van der Waals surface area (Å²) in [4.78, 5) is 32.8. The van der Waals surface area contributed by atoms with Crippen LogP contribution in [0.1, 0.15) is 18.4 Å². The number of hydrogen-bond donors (Lipinski definition) is 2. The summed E-state index contributed by atoms with van der Waals surface area (Å²) in [6.45, 7) is 1.44. The van der Waals surface area contributed by atoms with Crippen LogP contribution in [0.25, 0.3) is 0 Å². The molecule has 2 N–H and O–H groups in total. The molecule has 0 aliphatic carbocycles. The maximum atomic E-state index is 11.5. The summed E-state index contributed by atoms with van der Waals surface area (Å²) in [6, 6.07) is 5.04. The van der Waals surface area contributed by atoms with Gasteiger partial charge in [0.1, 0.15) is 5.92 Å². The van der Waals surface area contributed by atoms with Crippen LogP contribution in [-0.4, -0.2) is 38.5 Å². The van der Waals surface area contributed by atoms with Crippen molar-refractivity contribution in [2.45, 2.75) is 12.8 Å². The van der Waals surface area contributed by atoms with E-state index in [0.29, 0.717) is 5.56 Å². The molecule has 2 rings (SSSR count). The summed E-state index contributed by atoms with van der Waals surface area (Å²) < 4.78 is 0. The highest BCUT2D eigenvalue weighted by Crippen LogP contribution is 2.32. The van der Waals surface area contributed by atoms with E-state index in [2.05, 4.69) is 10.2 Å². The number of non-ortho nitro benzene ring substituents is 1. The third-order valence-electron chi connectivity index (χ3n) is 3.34. The first kappa shape index (κ1) is 15.3. The van der Waals surface area contributed by atoms with E-state index in [0.717, 1.165) is 0 Å². The molecular formula is C13H11N3O6. The molecule has 1 aromatic rings. The van der Waals surface area contributed by atoms with Gasteiger partial charge in [-0.25, -0.2) is 4.79 Å². The summed E-state index contributed by atoms with van der Waals surface area (Å²) in [5.74, 6) is -4.87. The molecule has 2 atom stereocenters. The second kappa shape index (κ2) is 5.72. The molecule has 9 heteroatoms. The Kier molecular flexibility index (Phi) is 3.97. The van der Waals surface area contributed by atoms with Crippen molar-refractivity contribution in [2.75, 3.05) is 0 Å². The summed E-state index contributed by atoms with van der Waals surface area (Å²) in [6.07, 6.45) is 0. The minimum Gasteiger partial charge on any atom is -0.481 e. The number of benzene rings is 1. The van der Waals surface area contributed by atoms with Crippen LogP contribution < -0.4 is 0 Å². The molecule has 114 valence electrons. The molecule has 0 amide bonds. The van der Waals surface area contributed by atoms with E-state index in [1.54, 1.807) is 0 Å². The molecule has 0 saturated carbocycles. The Balaban J connectivity index is 2.53. The molecule has 1 aromatic carbocycles. The van der Waals surface area contributed by atoms with Crippen LogP contribution in [-0.2, 0) is 9.59 Å². The van der Waals surface area contributed by atoms with Gasteiger partial charge in [-0.3, -0.25) is 14.9 Å². The average molecular weight is 305 g/mol. The average Bonchev–Trinajstić information content (AvgIpc) is 2.46. The molecule has 22 heavy (non-hydrogen) atoms. The van der Waals surface area contributed by atoms with Crippen molar-refractivity contribution in [1.29, 1.82) is 0 Å². The normalized spacial score (nSPS) is 20.8. The Morgan fingerprint density at radius 3 is 2.23 bits per heavy atom. The molecule has 2 unspecified atom stereocenters. The number of nitro groups is 1. The minimum absolute atomic E-state index is 0.167. The van der Waals surface area contributed by atoms with Gasteiger partial charge in [0, 0.05) is 12.1 Å². The third-order valence-corrected chi connectivity index (χ3v) is 3.34. The van der Waals surface area contributed by atoms with E-state index in [9.17, 15) is 29.9 Å². The second-order valence-corrected chi connectivity index (χ2v) is 4.67. The monoisotopic (exact) mass is 305 g/mol. The van der Waals surface area contributed by atoms with Crippen molar-refractivity contribution >= 4 is 29.0 Å². The van der Waals surface area contributed by atoms with Gasteiger partial charge in [-0.05, 0) is 12.5 Å². The number of aliphatic carboxylic acids is 2. The van der Waals surface area contributed by atoms with Gasteiger partial charge in [-0.15, -0.1) is 5.10 Å². The Morgan fingerprint density at radius 1 is 1.18 bits per heavy atom. The highest BCUT2D eigenvalue weighted by molar-refractivity contribution is 6.39. The Bertz CT molecular complexity index is 707. The Hall–Kier alpha value is -3.10. The van der Waals surface area contributed by atoms with Crippen LogP contribution in [0.3, 0.4) is 0 Å². The molecule has 0 bridgehead atoms. The lowest BCUT2D eigenvalue weighted by atomic mass is 9.79. The number of hydrogen-bond acceptors (Lipinski definition) is 6. The van der Waals surface area contributed by atoms with E-state index in [-0.39, 0.29) is 11.4 Å². The zero-order valence-electron chi connectivity index (χ0n) is 11.3. The molecule has 0 saturated heterocycles. The van der Waals surface area contributed by atoms with Gasteiger partial charge in [0.2, 0.25) is 0 Å². The summed E-state index contributed by atoms with van der Waals surface area (Å²) in [7, 11) is 0. The molecule has 0 aromatic heterocycles. The maximum Gasteiger partial charge on any atom is 0.352 e. The van der Waals surface area contributed by atoms with Crippen LogP contribution in [0.5, 0.6) is 0 Å². The number of carboxylic acids is 2. The fourth-order valence-electron chi connectivity index (χ4n) is 2.31. The molecule has 1 aliphatic heterocycles. The number of nitrogens with zero attached hydrogens (tertiary/aromatic N) is 3. The Morgan fingerprint density at radius 2 is 1.77 bits per heavy atom. The van der Waals surface area contributed by atoms with Crippen LogP contribution in [0.2, 0.25) is 0 Å². The minimum atomic E-state index is -1.38. The summed E-state index contributed by atoms with van der Waals surface area (Å²) >= 11 is 0. The van der Waals surface area contributed by atoms with E-state index < -0.39 is 34.4 Å². The first-order chi connectivity index (χ1) is 10.3. The molecule has 1 heterocycles. The third kappa shape index (κ3) is 2.68. The second-order valence-electron chi connectivity index (χ2n) is 4.67. The maximum absolute atomic E-state index is 11.5. The molecule has 1 aliphatic rings. The fraction of sp³-hybridized carbons (Fsp3) is 0.231. The summed E-state index contributed by atoms with van der Waals surface area (Å²) in [5, 5.41) is 36.4. The van der Waals surface area contributed by atoms with E-state index in [1.165, 1.54) is 31.2 Å². The molecule has 0 radical (unpaired) electrons. The first-order valence-electron chi connectivity index (χ1n) is 6.15. The fourth-order valence-corrected chi connectivity index (χ4v) is 2.31. The van der Waals surface area contributed by atoms with E-state index in [1.807, 2.05) is 0 Å². The predicted molar refractivity (Wildman–Crippen MR) is 75.1 cm³/mol. The number of rotatable bonds is 4. The van der Waals surface area contributed by atoms with Crippen molar-refractivity contribution < 1.29 is 24.7 Å². The Labute approximate surface area is 123 Å². The van der Waals surface area contributed by atoms with Crippen molar-refractivity contribution in [2.24, 2.45) is 16.1 Å². The highest BCUT2D eigenvalue weighted by Gasteiger charge is 2.41. The molecule has 0 spiro atoms. The number of carboxylic acid groups (broad SMARTS) is 2. The quantitative estimate of drug-likeness (QED) is 0.633. The van der Waals surface area contributed by atoms with E-state index >= 15 is 0 Å². The summed E-state index contributed by atoms with van der Waals surface area (Å²) in [5.41, 5.74) is -0.105. The van der Waals surface area contributed by atoms with Gasteiger partial charge < -0.3 is 10.2 Å². The lowest BCUT2D eigenvalue weighted by molar-refractivity contribution is -0.384. The standard InChI is InChI=1S/C13H11N3O6/c1-6-9(12(17)18)10(11(13(19)20)15-14-6)7-2-4-8(5-3-7)16(21)22/h2-5,9-10H,1H3,(H,17,18)(H,19,20). The van der Waals surface area contributed by atoms with Gasteiger partial charge in [-0.1, -0.05) is 12.1 Å². The predicted octanol–water partition coefficient (Wildman–Crippen LogP) is 1.29.